The zero-order valence-electron chi connectivity index (χ0n) is 8.14. The van der Waals surface area contributed by atoms with Crippen LogP contribution >= 0.6 is 0 Å². The fourth-order valence-electron chi connectivity index (χ4n) is 1.26. The molecular weight excluding hydrogens is 194 g/mol. The summed E-state index contributed by atoms with van der Waals surface area (Å²) in [6, 6.07) is 8.98. The predicted molar refractivity (Wildman–Crippen MR) is 53.6 cm³/mol. The van der Waals surface area contributed by atoms with Crippen LogP contribution in [0.15, 0.2) is 24.3 Å². The molecule has 78 valence electrons. The Kier molecular flexibility index (Phi) is 4.17. The van der Waals surface area contributed by atoms with Crippen LogP contribution in [0.25, 0.3) is 0 Å². The lowest BCUT2D eigenvalue weighted by Crippen LogP contribution is -2.05. The first-order valence-electron chi connectivity index (χ1n) is 4.59. The van der Waals surface area contributed by atoms with Gasteiger partial charge in [0.2, 0.25) is 0 Å². The molecule has 0 spiro atoms. The van der Waals surface area contributed by atoms with E-state index in [0.717, 1.165) is 5.56 Å². The molecule has 0 unspecified atom stereocenters. The number of nitriles is 1. The lowest BCUT2D eigenvalue weighted by Gasteiger charge is -2.06. The Balaban J connectivity index is 2.69. The molecule has 1 N–H and O–H groups in total. The fourth-order valence-corrected chi connectivity index (χ4v) is 1.26. The number of hydrogen-bond donors (Lipinski definition) is 1. The number of unbranched alkanes of at least 4 members (excludes halogenated alkanes) is 1. The average molecular weight is 205 g/mol. The molecule has 1 aromatic rings. The highest BCUT2D eigenvalue weighted by molar-refractivity contribution is 5.62. The van der Waals surface area contributed by atoms with Gasteiger partial charge in [-0.2, -0.15) is 5.26 Å². The van der Waals surface area contributed by atoms with Crippen molar-refractivity contribution in [1.29, 1.82) is 5.26 Å². The fraction of sp³-hybridized carbons (Fsp3) is 0.273. The molecule has 0 aliphatic rings. The van der Waals surface area contributed by atoms with Crippen LogP contribution in [-0.2, 0) is 6.42 Å². The minimum absolute atomic E-state index is 0.350. The molecule has 0 atom stereocenters. The van der Waals surface area contributed by atoms with Gasteiger partial charge in [-0.05, 0) is 24.5 Å². The first-order valence-corrected chi connectivity index (χ1v) is 4.59. The molecule has 4 heteroatoms. The van der Waals surface area contributed by atoms with Gasteiger partial charge in [-0.15, -0.1) is 0 Å². The van der Waals surface area contributed by atoms with Gasteiger partial charge < -0.3 is 9.84 Å². The van der Waals surface area contributed by atoms with Crippen molar-refractivity contribution in [3.63, 3.8) is 0 Å². The van der Waals surface area contributed by atoms with Gasteiger partial charge >= 0.3 is 6.16 Å². The van der Waals surface area contributed by atoms with Crippen LogP contribution in [0.3, 0.4) is 0 Å². The molecule has 0 saturated carbocycles. The summed E-state index contributed by atoms with van der Waals surface area (Å²) < 4.78 is 4.61. The quantitative estimate of drug-likeness (QED) is 0.466. The number of carbonyl (C=O) groups is 1. The maximum absolute atomic E-state index is 10.4. The third kappa shape index (κ3) is 3.69. The van der Waals surface area contributed by atoms with Gasteiger partial charge in [-0.3, -0.25) is 0 Å². The molecule has 0 heterocycles. The van der Waals surface area contributed by atoms with Gasteiger partial charge in [0.05, 0.1) is 6.07 Å². The Morgan fingerprint density at radius 1 is 1.47 bits per heavy atom. The molecule has 0 bridgehead atoms. The number of para-hydroxylation sites is 1. The smallest absolute Gasteiger partial charge is 0.449 e. The number of benzene rings is 1. The largest absolute Gasteiger partial charge is 0.511 e. The number of ether oxygens (including phenoxy) is 1. The zero-order valence-corrected chi connectivity index (χ0v) is 8.14. The Morgan fingerprint density at radius 2 is 2.20 bits per heavy atom. The van der Waals surface area contributed by atoms with Crippen LogP contribution in [0.2, 0.25) is 0 Å². The summed E-state index contributed by atoms with van der Waals surface area (Å²) in [7, 11) is 0. The van der Waals surface area contributed by atoms with Crippen molar-refractivity contribution in [3.05, 3.63) is 29.8 Å². The minimum Gasteiger partial charge on any atom is -0.449 e. The van der Waals surface area contributed by atoms with E-state index in [4.69, 9.17) is 10.4 Å². The number of aryl methyl sites for hydroxylation is 1. The van der Waals surface area contributed by atoms with Crippen molar-refractivity contribution >= 4 is 6.16 Å². The molecule has 0 aliphatic carbocycles. The zero-order chi connectivity index (χ0) is 11.1. The monoisotopic (exact) mass is 205 g/mol. The second-order valence-corrected chi connectivity index (χ2v) is 2.99. The Bertz CT molecular complexity index is 382. The van der Waals surface area contributed by atoms with E-state index in [1.807, 2.05) is 12.1 Å². The molecule has 1 rings (SSSR count). The maximum Gasteiger partial charge on any atom is 0.511 e. The lowest BCUT2D eigenvalue weighted by molar-refractivity contribution is 0.144. The summed E-state index contributed by atoms with van der Waals surface area (Å²) in [4.78, 5) is 10.4. The van der Waals surface area contributed by atoms with Gasteiger partial charge in [-0.1, -0.05) is 18.2 Å². The Labute approximate surface area is 87.7 Å². The van der Waals surface area contributed by atoms with Crippen molar-refractivity contribution in [3.8, 4) is 11.8 Å². The van der Waals surface area contributed by atoms with E-state index in [9.17, 15) is 4.79 Å². The average Bonchev–Trinajstić information content (AvgIpc) is 2.20. The third-order valence-corrected chi connectivity index (χ3v) is 1.90. The SMILES string of the molecule is N#CCCCc1ccccc1OC(=O)O. The lowest BCUT2D eigenvalue weighted by atomic mass is 10.1. The van der Waals surface area contributed by atoms with E-state index in [0.29, 0.717) is 25.0 Å². The van der Waals surface area contributed by atoms with E-state index in [-0.39, 0.29) is 0 Å². The van der Waals surface area contributed by atoms with E-state index in [2.05, 4.69) is 4.74 Å². The first-order chi connectivity index (χ1) is 7.24. The Hall–Kier alpha value is -2.02. The molecule has 0 aliphatic heterocycles. The standard InChI is InChI=1S/C11H11NO3/c12-8-4-3-6-9-5-1-2-7-10(9)15-11(13)14/h1-2,5,7H,3-4,6H2,(H,13,14). The molecule has 1 aromatic carbocycles. The number of rotatable bonds is 4. The van der Waals surface area contributed by atoms with Crippen molar-refractivity contribution in [2.75, 3.05) is 0 Å². The van der Waals surface area contributed by atoms with Gasteiger partial charge in [-0.25, -0.2) is 4.79 Å². The van der Waals surface area contributed by atoms with E-state index in [1.54, 1.807) is 18.2 Å². The number of hydrogen-bond acceptors (Lipinski definition) is 3. The minimum atomic E-state index is -1.32. The number of nitrogens with zero attached hydrogens (tertiary/aromatic N) is 1. The summed E-state index contributed by atoms with van der Waals surface area (Å²) >= 11 is 0. The molecule has 15 heavy (non-hydrogen) atoms. The van der Waals surface area contributed by atoms with E-state index in [1.165, 1.54) is 0 Å². The van der Waals surface area contributed by atoms with Crippen molar-refractivity contribution in [1.82, 2.24) is 0 Å². The summed E-state index contributed by atoms with van der Waals surface area (Å²) in [6.07, 6.45) is 0.497. The molecule has 0 aromatic heterocycles. The Morgan fingerprint density at radius 3 is 2.87 bits per heavy atom. The second-order valence-electron chi connectivity index (χ2n) is 2.99. The van der Waals surface area contributed by atoms with Crippen LogP contribution in [-0.4, -0.2) is 11.3 Å². The number of carboxylic acid groups (broad SMARTS) is 1. The van der Waals surface area contributed by atoms with Crippen LogP contribution < -0.4 is 4.74 Å². The third-order valence-electron chi connectivity index (χ3n) is 1.90. The molecule has 4 nitrogen and oxygen atoms in total. The highest BCUT2D eigenvalue weighted by atomic mass is 16.7. The summed E-state index contributed by atoms with van der Waals surface area (Å²) in [5.41, 5.74) is 0.815. The topological polar surface area (TPSA) is 70.3 Å². The van der Waals surface area contributed by atoms with Crippen molar-refractivity contribution < 1.29 is 14.6 Å². The first kappa shape index (κ1) is 11.1. The highest BCUT2D eigenvalue weighted by Crippen LogP contribution is 2.20. The van der Waals surface area contributed by atoms with Gasteiger partial charge in [0.15, 0.2) is 0 Å². The summed E-state index contributed by atoms with van der Waals surface area (Å²) in [5.74, 6) is 0.350. The van der Waals surface area contributed by atoms with Gasteiger partial charge in [0.1, 0.15) is 5.75 Å². The van der Waals surface area contributed by atoms with Gasteiger partial charge in [0, 0.05) is 6.42 Å². The molecule has 0 radical (unpaired) electrons. The van der Waals surface area contributed by atoms with Crippen LogP contribution in [0, 0.1) is 11.3 Å². The van der Waals surface area contributed by atoms with E-state index >= 15 is 0 Å². The van der Waals surface area contributed by atoms with Crippen LogP contribution in [0.1, 0.15) is 18.4 Å². The van der Waals surface area contributed by atoms with E-state index < -0.39 is 6.16 Å². The molecule has 0 amide bonds. The van der Waals surface area contributed by atoms with Crippen LogP contribution in [0.4, 0.5) is 4.79 Å². The normalized spacial score (nSPS) is 9.27. The predicted octanol–water partition coefficient (Wildman–Crippen LogP) is 2.59. The van der Waals surface area contributed by atoms with Crippen molar-refractivity contribution in [2.45, 2.75) is 19.3 Å². The summed E-state index contributed by atoms with van der Waals surface area (Å²) in [6.45, 7) is 0. The van der Waals surface area contributed by atoms with Crippen molar-refractivity contribution in [2.24, 2.45) is 0 Å². The molecular formula is C11H11NO3. The molecule has 0 saturated heterocycles. The summed E-state index contributed by atoms with van der Waals surface area (Å²) in [5, 5.41) is 16.9. The molecule has 0 fully saturated rings. The van der Waals surface area contributed by atoms with Gasteiger partial charge in [0.25, 0.3) is 0 Å². The maximum atomic E-state index is 10.4. The second kappa shape index (κ2) is 5.66. The van der Waals surface area contributed by atoms with Crippen LogP contribution in [0.5, 0.6) is 5.75 Å². The highest BCUT2D eigenvalue weighted by Gasteiger charge is 2.06.